The van der Waals surface area contributed by atoms with E-state index in [0.29, 0.717) is 37.6 Å². The minimum absolute atomic E-state index is 0.0694. The quantitative estimate of drug-likeness (QED) is 0.837. The molecule has 0 radical (unpaired) electrons. The molecule has 2 aliphatic rings. The number of rotatable bonds is 3. The van der Waals surface area contributed by atoms with Gasteiger partial charge in [0.05, 0.1) is 17.5 Å². The van der Waals surface area contributed by atoms with Gasteiger partial charge in [-0.1, -0.05) is 12.1 Å². The number of hydrogen-bond acceptors (Lipinski definition) is 4. The molecule has 0 bridgehead atoms. The second-order valence-electron chi connectivity index (χ2n) is 5.78. The Hall–Kier alpha value is -1.64. The summed E-state index contributed by atoms with van der Waals surface area (Å²) in [6, 6.07) is 5.15. The van der Waals surface area contributed by atoms with Crippen molar-refractivity contribution in [2.24, 2.45) is 0 Å². The van der Waals surface area contributed by atoms with Gasteiger partial charge in [0.1, 0.15) is 0 Å². The first-order valence-corrected chi connectivity index (χ1v) is 9.17. The SMILES string of the molecule is CNS(=O)(=O)c1cccc2c1CCN(C(=O)N[C@@H]1CCOC1)C2. The number of carbonyl (C=O) groups excluding carboxylic acids is 1. The van der Waals surface area contributed by atoms with Crippen LogP contribution in [0.2, 0.25) is 0 Å². The molecule has 1 saturated heterocycles. The van der Waals surface area contributed by atoms with Crippen molar-refractivity contribution in [2.75, 3.05) is 26.8 Å². The van der Waals surface area contributed by atoms with Crippen molar-refractivity contribution in [1.82, 2.24) is 14.9 Å². The lowest BCUT2D eigenvalue weighted by atomic mass is 10.00. The first-order chi connectivity index (χ1) is 11.0. The third kappa shape index (κ3) is 3.34. The highest BCUT2D eigenvalue weighted by atomic mass is 32.2. The lowest BCUT2D eigenvalue weighted by Gasteiger charge is -2.30. The number of sulfonamides is 1. The zero-order chi connectivity index (χ0) is 16.4. The third-order valence-electron chi connectivity index (χ3n) is 4.33. The zero-order valence-corrected chi connectivity index (χ0v) is 13.9. The predicted molar refractivity (Wildman–Crippen MR) is 84.6 cm³/mol. The number of hydrogen-bond donors (Lipinski definition) is 2. The summed E-state index contributed by atoms with van der Waals surface area (Å²) in [5.41, 5.74) is 1.68. The molecular formula is C15H21N3O4S. The van der Waals surface area contributed by atoms with E-state index in [1.807, 2.05) is 6.07 Å². The van der Waals surface area contributed by atoms with E-state index in [9.17, 15) is 13.2 Å². The average molecular weight is 339 g/mol. The van der Waals surface area contributed by atoms with Crippen LogP contribution in [0.25, 0.3) is 0 Å². The molecule has 8 heteroatoms. The largest absolute Gasteiger partial charge is 0.379 e. The molecule has 2 aliphatic heterocycles. The van der Waals surface area contributed by atoms with E-state index in [4.69, 9.17) is 4.74 Å². The number of carbonyl (C=O) groups is 1. The summed E-state index contributed by atoms with van der Waals surface area (Å²) >= 11 is 0. The van der Waals surface area contributed by atoms with E-state index in [2.05, 4.69) is 10.0 Å². The van der Waals surface area contributed by atoms with Crippen LogP contribution in [-0.2, 0) is 27.7 Å². The van der Waals surface area contributed by atoms with Crippen molar-refractivity contribution in [3.63, 3.8) is 0 Å². The molecule has 126 valence electrons. The topological polar surface area (TPSA) is 87.7 Å². The Labute approximate surface area is 136 Å². The summed E-state index contributed by atoms with van der Waals surface area (Å²) in [6.07, 6.45) is 1.36. The fourth-order valence-electron chi connectivity index (χ4n) is 3.02. The Balaban J connectivity index is 1.76. The van der Waals surface area contributed by atoms with E-state index in [1.54, 1.807) is 17.0 Å². The molecule has 1 aromatic rings. The summed E-state index contributed by atoms with van der Waals surface area (Å²) in [4.78, 5) is 14.4. The summed E-state index contributed by atoms with van der Waals surface area (Å²) in [5, 5.41) is 2.97. The lowest BCUT2D eigenvalue weighted by molar-refractivity contribution is 0.175. The maximum Gasteiger partial charge on any atom is 0.318 e. The molecule has 0 saturated carbocycles. The first kappa shape index (κ1) is 16.2. The van der Waals surface area contributed by atoms with Crippen molar-refractivity contribution in [2.45, 2.75) is 30.3 Å². The molecule has 0 aliphatic carbocycles. The molecule has 1 atom stereocenters. The van der Waals surface area contributed by atoms with Crippen LogP contribution in [0, 0.1) is 0 Å². The molecule has 1 fully saturated rings. The Morgan fingerprint density at radius 1 is 1.39 bits per heavy atom. The second kappa shape index (κ2) is 6.46. The molecule has 0 aromatic heterocycles. The van der Waals surface area contributed by atoms with Gasteiger partial charge < -0.3 is 15.0 Å². The van der Waals surface area contributed by atoms with Gasteiger partial charge >= 0.3 is 6.03 Å². The minimum atomic E-state index is -3.48. The Morgan fingerprint density at radius 2 is 2.22 bits per heavy atom. The van der Waals surface area contributed by atoms with E-state index < -0.39 is 10.0 Å². The first-order valence-electron chi connectivity index (χ1n) is 7.69. The predicted octanol–water partition coefficient (Wildman–Crippen LogP) is 0.451. The summed E-state index contributed by atoms with van der Waals surface area (Å²) in [5.74, 6) is 0. The third-order valence-corrected chi connectivity index (χ3v) is 5.82. The van der Waals surface area contributed by atoms with Gasteiger partial charge in [-0.25, -0.2) is 17.9 Å². The lowest BCUT2D eigenvalue weighted by Crippen LogP contribution is -2.47. The van der Waals surface area contributed by atoms with Crippen LogP contribution in [0.4, 0.5) is 4.79 Å². The van der Waals surface area contributed by atoms with Gasteiger partial charge in [-0.15, -0.1) is 0 Å². The maximum absolute atomic E-state index is 12.3. The number of urea groups is 1. The van der Waals surface area contributed by atoms with Crippen LogP contribution >= 0.6 is 0 Å². The molecule has 1 aromatic carbocycles. The fraction of sp³-hybridized carbons (Fsp3) is 0.533. The van der Waals surface area contributed by atoms with Crippen molar-refractivity contribution in [3.8, 4) is 0 Å². The number of nitrogens with zero attached hydrogens (tertiary/aromatic N) is 1. The standard InChI is InChI=1S/C15H21N3O4S/c1-16-23(20,21)14-4-2-3-11-9-18(7-5-13(11)14)15(19)17-12-6-8-22-10-12/h2-4,12,16H,5-10H2,1H3,(H,17,19)/t12-/m1/s1. The van der Waals surface area contributed by atoms with Crippen molar-refractivity contribution >= 4 is 16.1 Å². The number of nitrogens with one attached hydrogen (secondary N) is 2. The van der Waals surface area contributed by atoms with Crippen LogP contribution in [0.5, 0.6) is 0 Å². The molecule has 2 heterocycles. The van der Waals surface area contributed by atoms with E-state index >= 15 is 0 Å². The van der Waals surface area contributed by atoms with Crippen LogP contribution in [0.1, 0.15) is 17.5 Å². The number of amides is 2. The van der Waals surface area contributed by atoms with Crippen LogP contribution < -0.4 is 10.0 Å². The highest BCUT2D eigenvalue weighted by Gasteiger charge is 2.27. The summed E-state index contributed by atoms with van der Waals surface area (Å²) in [6.45, 7) is 2.16. The highest BCUT2D eigenvalue weighted by Crippen LogP contribution is 2.25. The van der Waals surface area contributed by atoms with Crippen molar-refractivity contribution in [1.29, 1.82) is 0 Å². The molecule has 23 heavy (non-hydrogen) atoms. The van der Waals surface area contributed by atoms with Crippen molar-refractivity contribution in [3.05, 3.63) is 29.3 Å². The van der Waals surface area contributed by atoms with Gasteiger partial charge in [0.15, 0.2) is 0 Å². The van der Waals surface area contributed by atoms with Crippen LogP contribution in [0.3, 0.4) is 0 Å². The Kier molecular flexibility index (Phi) is 4.56. The molecule has 2 N–H and O–H groups in total. The molecule has 7 nitrogen and oxygen atoms in total. The van der Waals surface area contributed by atoms with Gasteiger partial charge in [0.25, 0.3) is 0 Å². The monoisotopic (exact) mass is 339 g/mol. The number of benzene rings is 1. The zero-order valence-electron chi connectivity index (χ0n) is 13.0. The van der Waals surface area contributed by atoms with Gasteiger partial charge in [-0.3, -0.25) is 0 Å². The van der Waals surface area contributed by atoms with Crippen molar-refractivity contribution < 1.29 is 17.9 Å². The van der Waals surface area contributed by atoms with E-state index in [0.717, 1.165) is 17.5 Å². The Morgan fingerprint density at radius 3 is 2.91 bits per heavy atom. The van der Waals surface area contributed by atoms with Crippen LogP contribution in [0.15, 0.2) is 23.1 Å². The van der Waals surface area contributed by atoms with E-state index in [-0.39, 0.29) is 12.1 Å². The number of ether oxygens (including phenoxy) is 1. The fourth-order valence-corrected chi connectivity index (χ4v) is 4.06. The second-order valence-corrected chi connectivity index (χ2v) is 7.64. The van der Waals surface area contributed by atoms with Gasteiger partial charge in [0.2, 0.25) is 10.0 Å². The maximum atomic E-state index is 12.3. The molecule has 3 rings (SSSR count). The average Bonchev–Trinajstić information content (AvgIpc) is 3.06. The van der Waals surface area contributed by atoms with Gasteiger partial charge in [-0.2, -0.15) is 0 Å². The molecule has 0 spiro atoms. The molecule has 2 amide bonds. The van der Waals surface area contributed by atoms with E-state index in [1.165, 1.54) is 7.05 Å². The summed E-state index contributed by atoms with van der Waals surface area (Å²) < 4.78 is 31.8. The molecule has 0 unspecified atom stereocenters. The molecular weight excluding hydrogens is 318 g/mol. The highest BCUT2D eigenvalue weighted by molar-refractivity contribution is 7.89. The summed E-state index contributed by atoms with van der Waals surface area (Å²) in [7, 11) is -2.08. The minimum Gasteiger partial charge on any atom is -0.379 e. The van der Waals surface area contributed by atoms with Crippen LogP contribution in [-0.4, -0.2) is 52.2 Å². The Bertz CT molecular complexity index is 699. The smallest absolute Gasteiger partial charge is 0.318 e. The van der Waals surface area contributed by atoms with Gasteiger partial charge in [0, 0.05) is 19.7 Å². The number of fused-ring (bicyclic) bond motifs is 1. The van der Waals surface area contributed by atoms with Gasteiger partial charge in [-0.05, 0) is 37.1 Å². The normalized spacial score (nSPS) is 21.1.